The summed E-state index contributed by atoms with van der Waals surface area (Å²) in [6.45, 7) is 4.87. The SMILES string of the molecule is CC1(C)CN(C(=O)C2CC2)c2ccc(S(=O)(=O)NCc3cccnc3)cc21. The molecule has 0 spiro atoms. The Morgan fingerprint density at radius 3 is 2.74 bits per heavy atom. The van der Waals surface area contributed by atoms with Gasteiger partial charge < -0.3 is 4.90 Å². The molecule has 1 fully saturated rings. The monoisotopic (exact) mass is 385 g/mol. The van der Waals surface area contributed by atoms with Crippen LogP contribution in [-0.2, 0) is 26.8 Å². The number of sulfonamides is 1. The van der Waals surface area contributed by atoms with Gasteiger partial charge in [0.1, 0.15) is 0 Å². The van der Waals surface area contributed by atoms with Gasteiger partial charge in [0.2, 0.25) is 15.9 Å². The van der Waals surface area contributed by atoms with Crippen LogP contribution in [0.1, 0.15) is 37.8 Å². The molecule has 0 bridgehead atoms. The molecule has 1 amide bonds. The Morgan fingerprint density at radius 1 is 1.30 bits per heavy atom. The molecular formula is C20H23N3O3S. The molecule has 1 saturated carbocycles. The zero-order chi connectivity index (χ0) is 19.2. The third-order valence-electron chi connectivity index (χ3n) is 5.23. The van der Waals surface area contributed by atoms with E-state index in [0.717, 1.165) is 29.7 Å². The van der Waals surface area contributed by atoms with E-state index in [-0.39, 0.29) is 28.7 Å². The molecule has 4 rings (SSSR count). The summed E-state index contributed by atoms with van der Waals surface area (Å²) in [5, 5.41) is 0. The minimum absolute atomic E-state index is 0.135. The molecule has 0 saturated heterocycles. The molecular weight excluding hydrogens is 362 g/mol. The first-order valence-electron chi connectivity index (χ1n) is 9.12. The van der Waals surface area contributed by atoms with Gasteiger partial charge in [0, 0.05) is 42.5 Å². The number of pyridine rings is 1. The normalized spacial score (nSPS) is 18.4. The number of rotatable bonds is 5. The summed E-state index contributed by atoms with van der Waals surface area (Å²) in [6.07, 6.45) is 5.19. The van der Waals surface area contributed by atoms with E-state index in [0.29, 0.717) is 6.54 Å². The molecule has 1 aromatic heterocycles. The average molecular weight is 385 g/mol. The van der Waals surface area contributed by atoms with Crippen molar-refractivity contribution in [3.05, 3.63) is 53.9 Å². The first kappa shape index (κ1) is 18.1. The highest BCUT2D eigenvalue weighted by Gasteiger charge is 2.43. The third kappa shape index (κ3) is 3.49. The second-order valence-electron chi connectivity index (χ2n) is 7.95. The first-order chi connectivity index (χ1) is 12.8. The van der Waals surface area contributed by atoms with Crippen LogP contribution in [-0.4, -0.2) is 25.9 Å². The number of carbonyl (C=O) groups is 1. The van der Waals surface area contributed by atoms with Crippen molar-refractivity contribution in [3.8, 4) is 0 Å². The number of fused-ring (bicyclic) bond motifs is 1. The zero-order valence-electron chi connectivity index (χ0n) is 15.5. The lowest BCUT2D eigenvalue weighted by molar-refractivity contribution is -0.119. The number of nitrogens with one attached hydrogen (secondary N) is 1. The van der Waals surface area contributed by atoms with Gasteiger partial charge >= 0.3 is 0 Å². The minimum Gasteiger partial charge on any atom is -0.311 e. The maximum Gasteiger partial charge on any atom is 0.240 e. The minimum atomic E-state index is -3.65. The number of aromatic nitrogens is 1. The molecule has 142 valence electrons. The van der Waals surface area contributed by atoms with Crippen LogP contribution in [0.3, 0.4) is 0 Å². The fourth-order valence-electron chi connectivity index (χ4n) is 3.54. The number of nitrogens with zero attached hydrogens (tertiary/aromatic N) is 2. The number of benzene rings is 1. The quantitative estimate of drug-likeness (QED) is 0.858. The van der Waals surface area contributed by atoms with Crippen molar-refractivity contribution in [2.24, 2.45) is 5.92 Å². The van der Waals surface area contributed by atoms with E-state index in [1.165, 1.54) is 0 Å². The van der Waals surface area contributed by atoms with Gasteiger partial charge in [0.25, 0.3) is 0 Å². The molecule has 1 aromatic carbocycles. The van der Waals surface area contributed by atoms with Crippen LogP contribution in [0.2, 0.25) is 0 Å². The Hall–Kier alpha value is -2.25. The van der Waals surface area contributed by atoms with Gasteiger partial charge in [-0.15, -0.1) is 0 Å². The Morgan fingerprint density at radius 2 is 2.07 bits per heavy atom. The molecule has 1 aliphatic heterocycles. The van der Waals surface area contributed by atoms with Crippen molar-refractivity contribution in [2.45, 2.75) is 43.5 Å². The lowest BCUT2D eigenvalue weighted by Gasteiger charge is -2.20. The molecule has 0 radical (unpaired) electrons. The number of hydrogen-bond donors (Lipinski definition) is 1. The third-order valence-corrected chi connectivity index (χ3v) is 6.63. The molecule has 2 heterocycles. The number of carbonyl (C=O) groups excluding carboxylic acids is 1. The summed E-state index contributed by atoms with van der Waals surface area (Å²) in [7, 11) is -3.65. The highest BCUT2D eigenvalue weighted by Crippen LogP contribution is 2.44. The summed E-state index contributed by atoms with van der Waals surface area (Å²) in [6, 6.07) is 8.65. The number of hydrogen-bond acceptors (Lipinski definition) is 4. The Labute approximate surface area is 159 Å². The predicted molar refractivity (Wildman–Crippen MR) is 103 cm³/mol. The number of anilines is 1. The zero-order valence-corrected chi connectivity index (χ0v) is 16.3. The van der Waals surface area contributed by atoms with Gasteiger partial charge in [-0.3, -0.25) is 9.78 Å². The van der Waals surface area contributed by atoms with E-state index in [2.05, 4.69) is 9.71 Å². The van der Waals surface area contributed by atoms with Crippen molar-refractivity contribution < 1.29 is 13.2 Å². The van der Waals surface area contributed by atoms with E-state index >= 15 is 0 Å². The molecule has 2 aliphatic rings. The van der Waals surface area contributed by atoms with Crippen LogP contribution in [0.4, 0.5) is 5.69 Å². The van der Waals surface area contributed by atoms with Crippen LogP contribution in [0.5, 0.6) is 0 Å². The molecule has 6 nitrogen and oxygen atoms in total. The van der Waals surface area contributed by atoms with Crippen molar-refractivity contribution >= 4 is 21.6 Å². The smallest absolute Gasteiger partial charge is 0.240 e. The lowest BCUT2D eigenvalue weighted by atomic mass is 9.87. The Kier molecular flexibility index (Phi) is 4.31. The van der Waals surface area contributed by atoms with Gasteiger partial charge in [0.05, 0.1) is 4.90 Å². The second-order valence-corrected chi connectivity index (χ2v) is 9.71. The van der Waals surface area contributed by atoms with Gasteiger partial charge in [0.15, 0.2) is 0 Å². The average Bonchev–Trinajstić information content (AvgIpc) is 3.46. The summed E-state index contributed by atoms with van der Waals surface area (Å²) in [5.41, 5.74) is 2.25. The van der Waals surface area contributed by atoms with Gasteiger partial charge in [-0.2, -0.15) is 0 Å². The van der Waals surface area contributed by atoms with Crippen molar-refractivity contribution in [1.29, 1.82) is 0 Å². The van der Waals surface area contributed by atoms with Gasteiger partial charge in [-0.05, 0) is 48.2 Å². The van der Waals surface area contributed by atoms with Crippen molar-refractivity contribution in [1.82, 2.24) is 9.71 Å². The predicted octanol–water partition coefficient (Wildman–Crippen LogP) is 2.59. The fourth-order valence-corrected chi connectivity index (χ4v) is 4.58. The van der Waals surface area contributed by atoms with E-state index < -0.39 is 10.0 Å². The molecule has 0 unspecified atom stereocenters. The highest BCUT2D eigenvalue weighted by molar-refractivity contribution is 7.89. The Bertz CT molecular complexity index is 983. The molecule has 1 N–H and O–H groups in total. The summed E-state index contributed by atoms with van der Waals surface area (Å²) in [5.74, 6) is 0.295. The largest absolute Gasteiger partial charge is 0.311 e. The maximum atomic E-state index is 12.7. The molecule has 27 heavy (non-hydrogen) atoms. The van der Waals surface area contributed by atoms with Crippen LogP contribution < -0.4 is 9.62 Å². The van der Waals surface area contributed by atoms with Crippen LogP contribution in [0.15, 0.2) is 47.6 Å². The van der Waals surface area contributed by atoms with Crippen molar-refractivity contribution in [2.75, 3.05) is 11.4 Å². The fraction of sp³-hybridized carbons (Fsp3) is 0.400. The second kappa shape index (κ2) is 6.42. The van der Waals surface area contributed by atoms with E-state index in [4.69, 9.17) is 0 Å². The van der Waals surface area contributed by atoms with E-state index in [1.807, 2.05) is 24.8 Å². The van der Waals surface area contributed by atoms with E-state index in [1.54, 1.807) is 36.7 Å². The highest BCUT2D eigenvalue weighted by atomic mass is 32.2. The molecule has 0 atom stereocenters. The van der Waals surface area contributed by atoms with E-state index in [9.17, 15) is 13.2 Å². The number of amides is 1. The maximum absolute atomic E-state index is 12.7. The molecule has 2 aromatic rings. The van der Waals surface area contributed by atoms with Crippen LogP contribution >= 0.6 is 0 Å². The van der Waals surface area contributed by atoms with Gasteiger partial charge in [-0.25, -0.2) is 13.1 Å². The lowest BCUT2D eigenvalue weighted by Crippen LogP contribution is -2.34. The standard InChI is InChI=1S/C20H23N3O3S/c1-20(2)13-23(19(24)15-5-6-15)18-8-7-16(10-17(18)20)27(25,26)22-12-14-4-3-9-21-11-14/h3-4,7-11,15,22H,5-6,12-13H2,1-2H3. The summed E-state index contributed by atoms with van der Waals surface area (Å²) >= 11 is 0. The molecule has 7 heteroatoms. The van der Waals surface area contributed by atoms with Crippen LogP contribution in [0.25, 0.3) is 0 Å². The first-order valence-corrected chi connectivity index (χ1v) is 10.6. The molecule has 1 aliphatic carbocycles. The topological polar surface area (TPSA) is 79.4 Å². The summed E-state index contributed by atoms with van der Waals surface area (Å²) in [4.78, 5) is 18.6. The Balaban J connectivity index is 1.61. The van der Waals surface area contributed by atoms with Crippen molar-refractivity contribution in [3.63, 3.8) is 0 Å². The van der Waals surface area contributed by atoms with Gasteiger partial charge in [-0.1, -0.05) is 19.9 Å². The van der Waals surface area contributed by atoms with Crippen LogP contribution in [0, 0.1) is 5.92 Å². The summed E-state index contributed by atoms with van der Waals surface area (Å²) < 4.78 is 28.1.